The highest BCUT2D eigenvalue weighted by atomic mass is 16.1. The maximum Gasteiger partial charge on any atom is 0.274 e. The number of carbonyl (C=O) groups is 1. The summed E-state index contributed by atoms with van der Waals surface area (Å²) in [4.78, 5) is 25.1. The number of benzene rings is 1. The number of nitriles is 1. The van der Waals surface area contributed by atoms with E-state index in [9.17, 15) is 4.79 Å². The molecular formula is C19H16N6O. The van der Waals surface area contributed by atoms with Crippen LogP contribution >= 0.6 is 0 Å². The molecular weight excluding hydrogens is 328 g/mol. The topological polar surface area (TPSA) is 104 Å². The van der Waals surface area contributed by atoms with Gasteiger partial charge in [0.1, 0.15) is 23.4 Å². The second-order valence-electron chi connectivity index (χ2n) is 5.51. The van der Waals surface area contributed by atoms with Gasteiger partial charge < -0.3 is 10.6 Å². The Morgan fingerprint density at radius 1 is 1.19 bits per heavy atom. The Bertz CT molecular complexity index is 965. The average Bonchev–Trinajstić information content (AvgIpc) is 2.67. The lowest BCUT2D eigenvalue weighted by Gasteiger charge is -2.10. The van der Waals surface area contributed by atoms with Crippen molar-refractivity contribution in [2.45, 2.75) is 13.5 Å². The van der Waals surface area contributed by atoms with E-state index in [1.807, 2.05) is 18.2 Å². The molecule has 2 aromatic heterocycles. The number of amides is 1. The monoisotopic (exact) mass is 344 g/mol. The molecule has 1 amide bonds. The molecule has 7 heteroatoms. The molecule has 0 fully saturated rings. The molecule has 0 aliphatic carbocycles. The summed E-state index contributed by atoms with van der Waals surface area (Å²) in [5, 5.41) is 15.0. The number of aromatic nitrogens is 3. The van der Waals surface area contributed by atoms with Crippen molar-refractivity contribution in [1.82, 2.24) is 15.0 Å². The van der Waals surface area contributed by atoms with Crippen molar-refractivity contribution in [2.24, 2.45) is 0 Å². The van der Waals surface area contributed by atoms with E-state index in [0.29, 0.717) is 29.4 Å². The molecule has 128 valence electrons. The van der Waals surface area contributed by atoms with Crippen LogP contribution in [0.1, 0.15) is 27.4 Å². The first-order valence-electron chi connectivity index (χ1n) is 7.94. The number of nitrogens with zero attached hydrogens (tertiary/aromatic N) is 4. The summed E-state index contributed by atoms with van der Waals surface area (Å²) in [5.41, 5.74) is 2.05. The summed E-state index contributed by atoms with van der Waals surface area (Å²) < 4.78 is 0. The number of nitrogens with one attached hydrogen (secondary N) is 2. The predicted molar refractivity (Wildman–Crippen MR) is 97.4 cm³/mol. The van der Waals surface area contributed by atoms with Crippen LogP contribution in [0.25, 0.3) is 0 Å². The Balaban J connectivity index is 1.76. The van der Waals surface area contributed by atoms with Crippen molar-refractivity contribution in [3.63, 3.8) is 0 Å². The van der Waals surface area contributed by atoms with Crippen LogP contribution in [0.2, 0.25) is 0 Å². The summed E-state index contributed by atoms with van der Waals surface area (Å²) in [6, 6.07) is 14.2. The summed E-state index contributed by atoms with van der Waals surface area (Å²) in [6.07, 6.45) is 3.47. The highest BCUT2D eigenvalue weighted by Gasteiger charge is 2.12. The molecule has 0 atom stereocenters. The van der Waals surface area contributed by atoms with Crippen molar-refractivity contribution in [3.05, 3.63) is 77.5 Å². The lowest BCUT2D eigenvalue weighted by atomic mass is 10.2. The minimum absolute atomic E-state index is 0.221. The summed E-state index contributed by atoms with van der Waals surface area (Å²) in [7, 11) is 0. The van der Waals surface area contributed by atoms with E-state index < -0.39 is 5.91 Å². The second kappa shape index (κ2) is 7.85. The Morgan fingerprint density at radius 3 is 2.81 bits per heavy atom. The van der Waals surface area contributed by atoms with Gasteiger partial charge in [-0.05, 0) is 30.7 Å². The first kappa shape index (κ1) is 17.0. The first-order chi connectivity index (χ1) is 12.7. The van der Waals surface area contributed by atoms with Crippen molar-refractivity contribution in [1.29, 1.82) is 5.26 Å². The van der Waals surface area contributed by atoms with E-state index in [0.717, 1.165) is 5.56 Å². The van der Waals surface area contributed by atoms with Gasteiger partial charge in [-0.1, -0.05) is 18.2 Å². The van der Waals surface area contributed by atoms with Crippen LogP contribution in [0.3, 0.4) is 0 Å². The Hall–Kier alpha value is -3.79. The third-order valence-electron chi connectivity index (χ3n) is 3.56. The fourth-order valence-electron chi connectivity index (χ4n) is 2.35. The van der Waals surface area contributed by atoms with E-state index in [-0.39, 0.29) is 5.69 Å². The predicted octanol–water partition coefficient (Wildman–Crippen LogP) is 2.92. The molecule has 3 aromatic rings. The average molecular weight is 344 g/mol. The van der Waals surface area contributed by atoms with Gasteiger partial charge in [0.2, 0.25) is 0 Å². The summed E-state index contributed by atoms with van der Waals surface area (Å²) in [5.74, 6) is 0.614. The molecule has 0 spiro atoms. The van der Waals surface area contributed by atoms with Crippen LogP contribution < -0.4 is 10.6 Å². The van der Waals surface area contributed by atoms with Crippen LogP contribution in [-0.2, 0) is 6.54 Å². The zero-order valence-electron chi connectivity index (χ0n) is 14.1. The number of hydrogen-bond acceptors (Lipinski definition) is 6. The second-order valence-corrected chi connectivity index (χ2v) is 5.51. The van der Waals surface area contributed by atoms with Crippen LogP contribution in [0, 0.1) is 18.3 Å². The molecule has 1 aromatic carbocycles. The number of pyridine rings is 1. The molecule has 0 aliphatic rings. The van der Waals surface area contributed by atoms with E-state index in [4.69, 9.17) is 5.26 Å². The number of anilines is 2. The van der Waals surface area contributed by atoms with Crippen LogP contribution in [0.15, 0.2) is 54.9 Å². The van der Waals surface area contributed by atoms with Crippen molar-refractivity contribution >= 4 is 17.4 Å². The van der Waals surface area contributed by atoms with E-state index in [1.165, 1.54) is 0 Å². The van der Waals surface area contributed by atoms with E-state index >= 15 is 0 Å². The number of para-hydroxylation sites is 1. The minimum atomic E-state index is -0.400. The SMILES string of the molecule is Cc1nc(NCc2cccnc2)cc(C(=O)Nc2ccccc2C#N)n1. The first-order valence-corrected chi connectivity index (χ1v) is 7.94. The molecule has 7 nitrogen and oxygen atoms in total. The van der Waals surface area contributed by atoms with Gasteiger partial charge in [-0.2, -0.15) is 5.26 Å². The van der Waals surface area contributed by atoms with Crippen molar-refractivity contribution in [2.75, 3.05) is 10.6 Å². The molecule has 0 saturated carbocycles. The maximum atomic E-state index is 12.5. The molecule has 0 saturated heterocycles. The number of rotatable bonds is 5. The highest BCUT2D eigenvalue weighted by Crippen LogP contribution is 2.16. The molecule has 0 aliphatic heterocycles. The number of hydrogen-bond donors (Lipinski definition) is 2. The van der Waals surface area contributed by atoms with Gasteiger partial charge in [0.25, 0.3) is 5.91 Å². The zero-order chi connectivity index (χ0) is 18.4. The van der Waals surface area contributed by atoms with Gasteiger partial charge in [-0.15, -0.1) is 0 Å². The quantitative estimate of drug-likeness (QED) is 0.737. The van der Waals surface area contributed by atoms with Crippen LogP contribution in [0.4, 0.5) is 11.5 Å². The van der Waals surface area contributed by atoms with Gasteiger partial charge in [-0.25, -0.2) is 9.97 Å². The smallest absolute Gasteiger partial charge is 0.274 e. The fourth-order valence-corrected chi connectivity index (χ4v) is 2.35. The summed E-state index contributed by atoms with van der Waals surface area (Å²) >= 11 is 0. The molecule has 0 unspecified atom stereocenters. The molecule has 2 N–H and O–H groups in total. The third kappa shape index (κ3) is 4.19. The Kier molecular flexibility index (Phi) is 5.15. The molecule has 3 rings (SSSR count). The summed E-state index contributed by atoms with van der Waals surface area (Å²) in [6.45, 7) is 2.25. The third-order valence-corrected chi connectivity index (χ3v) is 3.56. The van der Waals surface area contributed by atoms with Gasteiger partial charge in [0.05, 0.1) is 11.3 Å². The Morgan fingerprint density at radius 2 is 2.04 bits per heavy atom. The van der Waals surface area contributed by atoms with Crippen molar-refractivity contribution < 1.29 is 4.79 Å². The normalized spacial score (nSPS) is 10.0. The van der Waals surface area contributed by atoms with Gasteiger partial charge in [0, 0.05) is 25.0 Å². The van der Waals surface area contributed by atoms with Gasteiger partial charge >= 0.3 is 0 Å². The van der Waals surface area contributed by atoms with Gasteiger partial charge in [0.15, 0.2) is 0 Å². The van der Waals surface area contributed by atoms with E-state index in [1.54, 1.807) is 49.6 Å². The molecule has 0 radical (unpaired) electrons. The van der Waals surface area contributed by atoms with Crippen molar-refractivity contribution in [3.8, 4) is 6.07 Å². The van der Waals surface area contributed by atoms with Crippen LogP contribution in [0.5, 0.6) is 0 Å². The standard InChI is InChI=1S/C19H16N6O/c1-13-23-17(19(26)25-16-7-3-2-6-15(16)10-20)9-18(24-13)22-12-14-5-4-8-21-11-14/h2-9,11H,12H2,1H3,(H,25,26)(H,22,23,24). The highest BCUT2D eigenvalue weighted by molar-refractivity contribution is 6.03. The maximum absolute atomic E-state index is 12.5. The molecule has 2 heterocycles. The lowest BCUT2D eigenvalue weighted by molar-refractivity contribution is 0.102. The largest absolute Gasteiger partial charge is 0.366 e. The van der Waals surface area contributed by atoms with Crippen LogP contribution in [-0.4, -0.2) is 20.9 Å². The lowest BCUT2D eigenvalue weighted by Crippen LogP contribution is -2.16. The minimum Gasteiger partial charge on any atom is -0.366 e. The molecule has 26 heavy (non-hydrogen) atoms. The Labute approximate surface area is 150 Å². The molecule has 0 bridgehead atoms. The zero-order valence-corrected chi connectivity index (χ0v) is 14.1. The van der Waals surface area contributed by atoms with Gasteiger partial charge in [-0.3, -0.25) is 9.78 Å². The number of carbonyl (C=O) groups excluding carboxylic acids is 1. The number of aryl methyl sites for hydroxylation is 1. The van der Waals surface area contributed by atoms with E-state index in [2.05, 4.69) is 25.6 Å². The fraction of sp³-hybridized carbons (Fsp3) is 0.105.